The Morgan fingerprint density at radius 1 is 1.23 bits per heavy atom. The van der Waals surface area contributed by atoms with Crippen LogP contribution in [-0.4, -0.2) is 35.4 Å². The van der Waals surface area contributed by atoms with E-state index in [-0.39, 0.29) is 29.4 Å². The van der Waals surface area contributed by atoms with E-state index >= 15 is 0 Å². The van der Waals surface area contributed by atoms with Crippen molar-refractivity contribution in [1.82, 2.24) is 20.4 Å². The number of rotatable bonds is 7. The van der Waals surface area contributed by atoms with Gasteiger partial charge in [-0.3, -0.25) is 9.67 Å². The van der Waals surface area contributed by atoms with Gasteiger partial charge in [-0.05, 0) is 37.3 Å². The van der Waals surface area contributed by atoms with Crippen molar-refractivity contribution in [2.24, 2.45) is 12.0 Å². The number of aliphatic imine (C=N–C) groups is 1. The van der Waals surface area contributed by atoms with Gasteiger partial charge < -0.3 is 10.6 Å². The van der Waals surface area contributed by atoms with Crippen molar-refractivity contribution in [3.8, 4) is 0 Å². The molecule has 0 aliphatic heterocycles. The highest BCUT2D eigenvalue weighted by Gasteiger charge is 2.38. The molecule has 1 fully saturated rings. The van der Waals surface area contributed by atoms with Gasteiger partial charge in [-0.1, -0.05) is 36.8 Å². The second kappa shape index (κ2) is 9.94. The second-order valence-corrected chi connectivity index (χ2v) is 6.89. The van der Waals surface area contributed by atoms with Gasteiger partial charge >= 0.3 is 0 Å². The normalized spacial score (nSPS) is 15.7. The molecule has 0 atom stereocenters. The van der Waals surface area contributed by atoms with E-state index < -0.39 is 0 Å². The highest BCUT2D eigenvalue weighted by Crippen LogP contribution is 2.43. The molecule has 1 aliphatic carbocycles. The van der Waals surface area contributed by atoms with Crippen LogP contribution in [0.1, 0.15) is 37.3 Å². The van der Waals surface area contributed by atoms with Gasteiger partial charge in [0.1, 0.15) is 0 Å². The summed E-state index contributed by atoms with van der Waals surface area (Å²) in [6.07, 6.45) is 8.69. The van der Waals surface area contributed by atoms with E-state index in [0.29, 0.717) is 0 Å². The summed E-state index contributed by atoms with van der Waals surface area (Å²) in [7, 11) is 1.95. The molecule has 142 valence electrons. The second-order valence-electron chi connectivity index (χ2n) is 6.89. The molecule has 0 radical (unpaired) electrons. The molecule has 3 rings (SSSR count). The van der Waals surface area contributed by atoms with Crippen LogP contribution in [0.2, 0.25) is 0 Å². The van der Waals surface area contributed by atoms with E-state index in [0.717, 1.165) is 32.0 Å². The van der Waals surface area contributed by atoms with Gasteiger partial charge in [0, 0.05) is 31.7 Å². The van der Waals surface area contributed by atoms with E-state index in [2.05, 4.69) is 59.2 Å². The number of aryl methyl sites for hydroxylation is 1. The number of nitrogens with one attached hydrogen (secondary N) is 2. The average molecular weight is 467 g/mol. The van der Waals surface area contributed by atoms with E-state index in [1.165, 1.54) is 30.4 Å². The molecule has 1 aromatic carbocycles. The molecule has 26 heavy (non-hydrogen) atoms. The molecule has 0 spiro atoms. The first-order chi connectivity index (χ1) is 12.2. The number of hydrogen-bond donors (Lipinski definition) is 2. The summed E-state index contributed by atoms with van der Waals surface area (Å²) in [6, 6.07) is 10.9. The standard InChI is InChI=1S/C20H29N5.HI/c1-3-21-19(22-13-10-17-14-24-25(2)15-17)23-16-20(11-7-12-20)18-8-5-4-6-9-18;/h4-6,8-9,14-15H,3,7,10-13,16H2,1-2H3,(H2,21,22,23);1H. The van der Waals surface area contributed by atoms with Crippen LogP contribution in [0.25, 0.3) is 0 Å². The van der Waals surface area contributed by atoms with Crippen LogP contribution in [0, 0.1) is 0 Å². The fourth-order valence-electron chi connectivity index (χ4n) is 3.43. The molecule has 5 nitrogen and oxygen atoms in total. The van der Waals surface area contributed by atoms with Crippen molar-refractivity contribution in [3.63, 3.8) is 0 Å². The van der Waals surface area contributed by atoms with Crippen LogP contribution >= 0.6 is 24.0 Å². The van der Waals surface area contributed by atoms with Crippen molar-refractivity contribution >= 4 is 29.9 Å². The van der Waals surface area contributed by atoms with E-state index in [1.807, 2.05) is 17.9 Å². The van der Waals surface area contributed by atoms with Crippen molar-refractivity contribution < 1.29 is 0 Å². The van der Waals surface area contributed by atoms with Gasteiger partial charge in [-0.25, -0.2) is 0 Å². The van der Waals surface area contributed by atoms with Crippen molar-refractivity contribution in [2.75, 3.05) is 19.6 Å². The fourth-order valence-corrected chi connectivity index (χ4v) is 3.43. The minimum atomic E-state index is 0. The smallest absolute Gasteiger partial charge is 0.191 e. The third kappa shape index (κ3) is 5.22. The maximum atomic E-state index is 4.89. The molecule has 0 amide bonds. The van der Waals surface area contributed by atoms with Gasteiger partial charge in [0.25, 0.3) is 0 Å². The molecule has 2 N–H and O–H groups in total. The minimum Gasteiger partial charge on any atom is -0.357 e. The molecular weight excluding hydrogens is 437 g/mol. The third-order valence-corrected chi connectivity index (χ3v) is 5.05. The maximum Gasteiger partial charge on any atom is 0.191 e. The Balaban J connectivity index is 0.00000243. The summed E-state index contributed by atoms with van der Waals surface area (Å²) in [5.74, 6) is 0.911. The van der Waals surface area contributed by atoms with Crippen molar-refractivity contribution in [2.45, 2.75) is 38.0 Å². The lowest BCUT2D eigenvalue weighted by molar-refractivity contribution is 0.253. The summed E-state index contributed by atoms with van der Waals surface area (Å²) < 4.78 is 1.84. The summed E-state index contributed by atoms with van der Waals surface area (Å²) in [5, 5.41) is 11.0. The Bertz CT molecular complexity index is 691. The third-order valence-electron chi connectivity index (χ3n) is 5.05. The number of halogens is 1. The van der Waals surface area contributed by atoms with E-state index in [9.17, 15) is 0 Å². The van der Waals surface area contributed by atoms with Crippen molar-refractivity contribution in [1.29, 1.82) is 0 Å². The molecule has 1 saturated carbocycles. The highest BCUT2D eigenvalue weighted by molar-refractivity contribution is 14.0. The quantitative estimate of drug-likeness (QED) is 0.374. The predicted octanol–water partition coefficient (Wildman–Crippen LogP) is 3.26. The van der Waals surface area contributed by atoms with Crippen LogP contribution in [-0.2, 0) is 18.9 Å². The number of aromatic nitrogens is 2. The fraction of sp³-hybridized carbons (Fsp3) is 0.500. The van der Waals surface area contributed by atoms with Gasteiger partial charge in [-0.15, -0.1) is 24.0 Å². The van der Waals surface area contributed by atoms with Gasteiger partial charge in [0.15, 0.2) is 5.96 Å². The van der Waals surface area contributed by atoms with Crippen LogP contribution in [0.4, 0.5) is 0 Å². The van der Waals surface area contributed by atoms with E-state index in [4.69, 9.17) is 4.99 Å². The Kier molecular flexibility index (Phi) is 7.93. The molecule has 1 aliphatic rings. The first-order valence-corrected chi connectivity index (χ1v) is 9.27. The molecule has 0 saturated heterocycles. The first kappa shape index (κ1) is 20.7. The molecule has 0 bridgehead atoms. The zero-order chi connectivity index (χ0) is 17.5. The first-order valence-electron chi connectivity index (χ1n) is 9.27. The molecule has 6 heteroatoms. The zero-order valence-corrected chi connectivity index (χ0v) is 18.1. The SMILES string of the molecule is CCNC(=NCC1(c2ccccc2)CCC1)NCCc1cnn(C)c1.I. The van der Waals surface area contributed by atoms with Gasteiger partial charge in [0.05, 0.1) is 12.7 Å². The number of benzene rings is 1. The van der Waals surface area contributed by atoms with Crippen LogP contribution in [0.3, 0.4) is 0 Å². The summed E-state index contributed by atoms with van der Waals surface area (Å²) in [5.41, 5.74) is 2.90. The van der Waals surface area contributed by atoms with Gasteiger partial charge in [-0.2, -0.15) is 5.10 Å². The molecule has 2 aromatic rings. The largest absolute Gasteiger partial charge is 0.357 e. The van der Waals surface area contributed by atoms with Crippen molar-refractivity contribution in [3.05, 3.63) is 53.9 Å². The lowest BCUT2D eigenvalue weighted by Crippen LogP contribution is -2.42. The van der Waals surface area contributed by atoms with Crippen LogP contribution in [0.15, 0.2) is 47.7 Å². The summed E-state index contributed by atoms with van der Waals surface area (Å²) in [4.78, 5) is 4.89. The molecular formula is C20H30IN5. The lowest BCUT2D eigenvalue weighted by Gasteiger charge is -2.41. The Morgan fingerprint density at radius 3 is 2.58 bits per heavy atom. The summed E-state index contributed by atoms with van der Waals surface area (Å²) in [6.45, 7) is 4.68. The van der Waals surface area contributed by atoms with E-state index in [1.54, 1.807) is 0 Å². The Morgan fingerprint density at radius 2 is 2.00 bits per heavy atom. The lowest BCUT2D eigenvalue weighted by atomic mass is 9.64. The summed E-state index contributed by atoms with van der Waals surface area (Å²) >= 11 is 0. The minimum absolute atomic E-state index is 0. The topological polar surface area (TPSA) is 54.2 Å². The van der Waals surface area contributed by atoms with Gasteiger partial charge in [0.2, 0.25) is 0 Å². The zero-order valence-electron chi connectivity index (χ0n) is 15.7. The number of hydrogen-bond acceptors (Lipinski definition) is 2. The predicted molar refractivity (Wildman–Crippen MR) is 118 cm³/mol. The average Bonchev–Trinajstić information content (AvgIpc) is 3.00. The maximum absolute atomic E-state index is 4.89. The van der Waals surface area contributed by atoms with Crippen LogP contribution in [0.5, 0.6) is 0 Å². The molecule has 1 heterocycles. The Labute approximate surface area is 173 Å². The number of guanidine groups is 1. The number of nitrogens with zero attached hydrogens (tertiary/aromatic N) is 3. The Hall–Kier alpha value is -1.57. The monoisotopic (exact) mass is 467 g/mol. The molecule has 1 aromatic heterocycles. The highest BCUT2D eigenvalue weighted by atomic mass is 127. The van der Waals surface area contributed by atoms with Crippen LogP contribution < -0.4 is 10.6 Å². The molecule has 0 unspecified atom stereocenters.